The average molecular weight is 1660 g/mol. The maximum absolute atomic E-state index is 13.7. The number of rotatable bonds is 45. The lowest BCUT2D eigenvalue weighted by Crippen LogP contribution is -2.29. The number of ketones is 8. The number of imidazole rings is 5. The first-order valence-corrected chi connectivity index (χ1v) is 39.3. The Kier molecular flexibility index (Phi) is 29.6. The van der Waals surface area contributed by atoms with Crippen LogP contribution in [0.3, 0.4) is 0 Å². The van der Waals surface area contributed by atoms with Crippen LogP contribution in [0.2, 0.25) is 0 Å². The van der Waals surface area contributed by atoms with E-state index in [1.54, 1.807) is 139 Å². The number of nitrogens with zero attached hydrogens (tertiary/aromatic N) is 16. The zero-order valence-electron chi connectivity index (χ0n) is 70.1. The van der Waals surface area contributed by atoms with Gasteiger partial charge in [-0.3, -0.25) is 71.9 Å². The molecule has 10 heterocycles. The van der Waals surface area contributed by atoms with E-state index in [0.717, 1.165) is 19.4 Å². The van der Waals surface area contributed by atoms with E-state index in [9.17, 15) is 71.9 Å². The summed E-state index contributed by atoms with van der Waals surface area (Å²) in [6, 6.07) is 7.74. The summed E-state index contributed by atoms with van der Waals surface area (Å²) in [5.41, 5.74) is 4.73. The summed E-state index contributed by atoms with van der Waals surface area (Å²) in [4.78, 5) is 221. The first kappa shape index (κ1) is 89.4. The third kappa shape index (κ3) is 24.2. The molecule has 0 aliphatic rings. The van der Waals surface area contributed by atoms with Crippen LogP contribution in [0, 0.1) is 0 Å². The van der Waals surface area contributed by atoms with E-state index in [0.29, 0.717) is 70.2 Å². The Morgan fingerprint density at radius 3 is 1.22 bits per heavy atom. The van der Waals surface area contributed by atoms with Crippen molar-refractivity contribution in [2.75, 3.05) is 60.3 Å². The molecular formula is C83H101N23O15. The summed E-state index contributed by atoms with van der Waals surface area (Å²) in [6.07, 6.45) is 19.1. The minimum Gasteiger partial charge on any atom is -0.351 e. The summed E-state index contributed by atoms with van der Waals surface area (Å²) >= 11 is 0. The molecule has 10 aromatic rings. The number of unbranched alkanes of at least 4 members (excludes halogenated alkanes) is 1. The smallest absolute Gasteiger partial charge is 0.292 e. The molecule has 0 saturated heterocycles. The van der Waals surface area contributed by atoms with Crippen LogP contribution >= 0.6 is 0 Å². The second-order valence-electron chi connectivity index (χ2n) is 30.5. The van der Waals surface area contributed by atoms with Crippen LogP contribution in [0.4, 0.5) is 28.7 Å². The molecule has 638 valence electrons. The van der Waals surface area contributed by atoms with Crippen molar-refractivity contribution in [1.29, 1.82) is 0 Å². The zero-order valence-corrected chi connectivity index (χ0v) is 70.1. The maximum atomic E-state index is 13.7. The molecule has 10 aromatic heterocycles. The van der Waals surface area contributed by atoms with Gasteiger partial charge in [-0.2, -0.15) is 0 Å². The van der Waals surface area contributed by atoms with Crippen molar-refractivity contribution in [2.24, 2.45) is 70.5 Å². The number of nitrogens with one attached hydrogen (secondary N) is 7. The number of aromatic nitrogens is 15. The molecule has 121 heavy (non-hydrogen) atoms. The number of Topliss-reactive ketones (excluding diaryl/α,β-unsaturated/α-hetero) is 8. The van der Waals surface area contributed by atoms with E-state index in [-0.39, 0.29) is 206 Å². The van der Waals surface area contributed by atoms with Crippen molar-refractivity contribution in [1.82, 2.24) is 86.1 Å². The summed E-state index contributed by atoms with van der Waals surface area (Å²) in [5.74, 6) is -4.96. The third-order valence-corrected chi connectivity index (χ3v) is 19.9. The highest BCUT2D eigenvalue weighted by Gasteiger charge is 2.27. The van der Waals surface area contributed by atoms with E-state index >= 15 is 0 Å². The van der Waals surface area contributed by atoms with Gasteiger partial charge >= 0.3 is 0 Å². The van der Waals surface area contributed by atoms with Crippen molar-refractivity contribution < 1.29 is 71.9 Å². The fraction of sp³-hybridized carbons (Fsp3) is 0.398. The molecule has 0 unspecified atom stereocenters. The molecular weight excluding hydrogens is 1560 g/mol. The minimum absolute atomic E-state index is 0.000279. The first-order valence-electron chi connectivity index (χ1n) is 39.3. The number of hydrogen-bond acceptors (Lipinski definition) is 21. The lowest BCUT2D eigenvalue weighted by molar-refractivity contribution is -0.119. The number of carbonyl (C=O) groups is 15. The molecule has 0 aliphatic carbocycles. The van der Waals surface area contributed by atoms with Crippen molar-refractivity contribution in [3.63, 3.8) is 0 Å². The molecule has 7 amide bonds. The van der Waals surface area contributed by atoms with Crippen LogP contribution in [0.5, 0.6) is 0 Å². The SMILES string of the molecule is CC(=O)Nc1cc(C(=O)Nc2cc(C(=O)NCCC(=O)Nc3cn(C)c(C(=O)Nc4cn(C)c(C(=O)Nc5cc(C(=O)NCCCC(=O)Cc6cn(C)c(C(=O)Cc7cc(C(=O)Cc8cc(C(=O)CCCC(=O)Cc9cn(C)c(C(=O)Cc%10cn(C)c(C(=O)CCCC(=O)CCCCN(C)C)n%10)n9)n(C)c8)n(C)c7)n6)n(C)c5)n4)n3)n(C)c2)n(C)c1. The van der Waals surface area contributed by atoms with Crippen LogP contribution < -0.4 is 37.2 Å². The molecule has 10 rings (SSSR count). The Labute approximate surface area is 696 Å². The number of carbonyl (C=O) groups excluding carboxylic acids is 15. The quantitative estimate of drug-likeness (QED) is 0.0171. The lowest BCUT2D eigenvalue weighted by atomic mass is 10.0. The molecule has 0 saturated carbocycles. The largest absolute Gasteiger partial charge is 0.351 e. The Bertz CT molecular complexity index is 5670. The fourth-order valence-electron chi connectivity index (χ4n) is 14.0. The number of anilines is 5. The van der Waals surface area contributed by atoms with E-state index in [4.69, 9.17) is 0 Å². The Hall–Kier alpha value is -13.9. The van der Waals surface area contributed by atoms with Crippen LogP contribution in [0.15, 0.2) is 92.3 Å². The van der Waals surface area contributed by atoms with Gasteiger partial charge in [-0.1, -0.05) is 0 Å². The molecule has 38 nitrogen and oxygen atoms in total. The van der Waals surface area contributed by atoms with Crippen LogP contribution in [-0.2, 0) is 127 Å². The van der Waals surface area contributed by atoms with E-state index < -0.39 is 35.4 Å². The predicted molar refractivity (Wildman–Crippen MR) is 444 cm³/mol. The van der Waals surface area contributed by atoms with Crippen molar-refractivity contribution >= 4 is 116 Å². The molecule has 0 bridgehead atoms. The number of aryl methyl sites for hydroxylation is 10. The third-order valence-electron chi connectivity index (χ3n) is 19.9. The standard InChI is InChI=1S/C83H101N23O15/c1-49(107)86-54-35-65(101(8)41-54)81(119)90-55-36-64(99(6)42-55)80(118)85-27-25-73(116)92-71-47-105(12)78(93-71)83(121)95-72-48-106(13)77(94-72)82(120)91-56-37-63(100(7)43-56)79(117)84-26-18-22-60(110)34-53-44-103(10)75(87-53)69(114)32-51-30-62(98(5)40-51)68(113)31-50-29-61(97(4)39-50)66(111)23-17-21-59(109)33-52-45-104(11)76(88-52)70(115)38-57-46-102(9)74(89-57)67(112)24-16-20-58(108)19-14-15-28-96(2)3/h29-30,35-37,39-48H,14-28,31-34,38H2,1-13H3,(H,84,117)(H,85,118)(H,86,107)(H,90,119)(H,91,120)(H,92,116)(H,95,121). The molecule has 0 atom stereocenters. The second kappa shape index (κ2) is 40.0. The van der Waals surface area contributed by atoms with Crippen molar-refractivity contribution in [3.05, 3.63) is 178 Å². The molecule has 38 heteroatoms. The van der Waals surface area contributed by atoms with Gasteiger partial charge in [-0.25, -0.2) is 24.9 Å². The molecule has 0 spiro atoms. The van der Waals surface area contributed by atoms with Gasteiger partial charge in [0.1, 0.15) is 34.4 Å². The summed E-state index contributed by atoms with van der Waals surface area (Å²) in [6.45, 7) is 2.33. The molecule has 0 aliphatic heterocycles. The van der Waals surface area contributed by atoms with Gasteiger partial charge in [-0.15, -0.1) is 0 Å². The molecule has 0 radical (unpaired) electrons. The van der Waals surface area contributed by atoms with Crippen molar-refractivity contribution in [3.8, 4) is 0 Å². The first-order chi connectivity index (χ1) is 57.4. The second-order valence-corrected chi connectivity index (χ2v) is 30.5. The van der Waals surface area contributed by atoms with E-state index in [1.807, 2.05) is 14.1 Å². The topological polar surface area (TPSA) is 457 Å². The van der Waals surface area contributed by atoms with Gasteiger partial charge in [0.25, 0.3) is 29.5 Å². The average Bonchev–Trinajstić information content (AvgIpc) is 1.68. The summed E-state index contributed by atoms with van der Waals surface area (Å²) in [7, 11) is 20.3. The number of hydrogen-bond donors (Lipinski definition) is 7. The maximum Gasteiger partial charge on any atom is 0.292 e. The zero-order chi connectivity index (χ0) is 87.8. The van der Waals surface area contributed by atoms with E-state index in [2.05, 4.69) is 67.0 Å². The van der Waals surface area contributed by atoms with Gasteiger partial charge in [0.05, 0.1) is 64.8 Å². The minimum atomic E-state index is -0.717. The van der Waals surface area contributed by atoms with E-state index in [1.165, 1.54) is 76.1 Å². The van der Waals surface area contributed by atoms with Gasteiger partial charge in [0, 0.05) is 210 Å². The Balaban J connectivity index is 0.598. The molecule has 0 aromatic carbocycles. The monoisotopic (exact) mass is 1660 g/mol. The summed E-state index contributed by atoms with van der Waals surface area (Å²) < 4.78 is 15.2. The van der Waals surface area contributed by atoms with Gasteiger partial charge in [-0.05, 0) is 94.2 Å². The van der Waals surface area contributed by atoms with Gasteiger partial charge in [0.2, 0.25) is 35.0 Å². The number of amides is 7. The van der Waals surface area contributed by atoms with Crippen LogP contribution in [0.1, 0.15) is 218 Å². The fourth-order valence-corrected chi connectivity index (χ4v) is 14.0. The van der Waals surface area contributed by atoms with Crippen LogP contribution in [-0.4, -0.2) is 197 Å². The normalized spacial score (nSPS) is 11.3. The highest BCUT2D eigenvalue weighted by atomic mass is 16.2. The van der Waals surface area contributed by atoms with Crippen LogP contribution in [0.25, 0.3) is 0 Å². The highest BCUT2D eigenvalue weighted by molar-refractivity contribution is 6.07. The molecule has 0 fully saturated rings. The summed E-state index contributed by atoms with van der Waals surface area (Å²) in [5, 5.41) is 18.7. The van der Waals surface area contributed by atoms with Gasteiger partial charge in [0.15, 0.2) is 46.5 Å². The lowest BCUT2D eigenvalue weighted by Gasteiger charge is -2.08. The Morgan fingerprint density at radius 1 is 0.306 bits per heavy atom. The highest BCUT2D eigenvalue weighted by Crippen LogP contribution is 2.24. The molecule has 7 N–H and O–H groups in total. The predicted octanol–water partition coefficient (Wildman–Crippen LogP) is 5.94. The van der Waals surface area contributed by atoms with Crippen molar-refractivity contribution in [2.45, 2.75) is 116 Å². The Morgan fingerprint density at radius 2 is 0.702 bits per heavy atom. The van der Waals surface area contributed by atoms with Gasteiger partial charge < -0.3 is 87.8 Å².